The highest BCUT2D eigenvalue weighted by Crippen LogP contribution is 2.34. The standard InChI is InChI=1S/C23H19N5S/c1-2-4-19(5-3-1)21-12-20-22(26-15-27-23(20)29-21)25-13-17-6-8-18(9-7-17)14-28-11-10-24-16-28/h1-12,15-16H,13-14H2,(H,25,26,27). The minimum absolute atomic E-state index is 0.716. The van der Waals surface area contributed by atoms with Gasteiger partial charge in [-0.3, -0.25) is 0 Å². The summed E-state index contributed by atoms with van der Waals surface area (Å²) in [6, 6.07) is 21.2. The Morgan fingerprint density at radius 1 is 0.931 bits per heavy atom. The van der Waals surface area contributed by atoms with Crippen molar-refractivity contribution in [3.05, 3.63) is 96.8 Å². The van der Waals surface area contributed by atoms with Crippen LogP contribution in [0.2, 0.25) is 0 Å². The Morgan fingerprint density at radius 2 is 1.76 bits per heavy atom. The maximum atomic E-state index is 4.47. The third-order valence-corrected chi connectivity index (χ3v) is 5.89. The number of fused-ring (bicyclic) bond motifs is 1. The highest BCUT2D eigenvalue weighted by Gasteiger charge is 2.10. The molecule has 0 aliphatic rings. The van der Waals surface area contributed by atoms with Gasteiger partial charge in [0.15, 0.2) is 0 Å². The summed E-state index contributed by atoms with van der Waals surface area (Å²) in [6.45, 7) is 1.55. The van der Waals surface area contributed by atoms with E-state index < -0.39 is 0 Å². The quantitative estimate of drug-likeness (QED) is 0.427. The fourth-order valence-electron chi connectivity index (χ4n) is 3.28. The molecule has 0 aliphatic carbocycles. The molecule has 0 aliphatic heterocycles. The Balaban J connectivity index is 1.32. The van der Waals surface area contributed by atoms with Crippen molar-refractivity contribution in [3.8, 4) is 10.4 Å². The monoisotopic (exact) mass is 397 g/mol. The number of benzene rings is 2. The van der Waals surface area contributed by atoms with Gasteiger partial charge in [0.25, 0.3) is 0 Å². The summed E-state index contributed by atoms with van der Waals surface area (Å²) < 4.78 is 2.06. The number of nitrogens with one attached hydrogen (secondary N) is 1. The fourth-order valence-corrected chi connectivity index (χ4v) is 4.28. The van der Waals surface area contributed by atoms with Crippen LogP contribution in [-0.2, 0) is 13.1 Å². The van der Waals surface area contributed by atoms with Crippen LogP contribution in [0.5, 0.6) is 0 Å². The molecule has 6 heteroatoms. The summed E-state index contributed by atoms with van der Waals surface area (Å²) in [5.41, 5.74) is 3.67. The molecule has 0 saturated heterocycles. The Labute approximate surface area is 172 Å². The third kappa shape index (κ3) is 3.88. The average molecular weight is 398 g/mol. The van der Waals surface area contributed by atoms with Crippen molar-refractivity contribution in [2.24, 2.45) is 0 Å². The van der Waals surface area contributed by atoms with Crippen molar-refractivity contribution in [3.63, 3.8) is 0 Å². The van der Waals surface area contributed by atoms with Gasteiger partial charge in [-0.1, -0.05) is 54.6 Å². The van der Waals surface area contributed by atoms with Gasteiger partial charge in [0, 0.05) is 30.4 Å². The van der Waals surface area contributed by atoms with Gasteiger partial charge in [-0.2, -0.15) is 0 Å². The van der Waals surface area contributed by atoms with E-state index in [-0.39, 0.29) is 0 Å². The van der Waals surface area contributed by atoms with Crippen molar-refractivity contribution >= 4 is 27.4 Å². The number of imidazole rings is 1. The molecule has 0 unspecified atom stereocenters. The molecule has 5 rings (SSSR count). The molecule has 5 nitrogen and oxygen atoms in total. The van der Waals surface area contributed by atoms with Gasteiger partial charge in [0.2, 0.25) is 0 Å². The van der Waals surface area contributed by atoms with Crippen molar-refractivity contribution in [1.82, 2.24) is 19.5 Å². The molecule has 0 radical (unpaired) electrons. The lowest BCUT2D eigenvalue weighted by Crippen LogP contribution is -2.02. The summed E-state index contributed by atoms with van der Waals surface area (Å²) in [4.78, 5) is 15.2. The maximum Gasteiger partial charge on any atom is 0.138 e. The van der Waals surface area contributed by atoms with Gasteiger partial charge < -0.3 is 9.88 Å². The van der Waals surface area contributed by atoms with Crippen LogP contribution in [0.25, 0.3) is 20.7 Å². The molecule has 0 saturated carbocycles. The fraction of sp³-hybridized carbons (Fsp3) is 0.0870. The molecule has 0 fully saturated rings. The van der Waals surface area contributed by atoms with Crippen LogP contribution in [0.15, 0.2) is 85.7 Å². The highest BCUT2D eigenvalue weighted by atomic mass is 32.1. The largest absolute Gasteiger partial charge is 0.365 e. The van der Waals surface area contributed by atoms with E-state index in [1.54, 1.807) is 23.9 Å². The zero-order valence-corrected chi connectivity index (χ0v) is 16.5. The Bertz CT molecular complexity index is 1210. The molecule has 2 aromatic carbocycles. The number of anilines is 1. The van der Waals surface area contributed by atoms with Crippen LogP contribution >= 0.6 is 11.3 Å². The lowest BCUT2D eigenvalue weighted by Gasteiger charge is -2.08. The van der Waals surface area contributed by atoms with Gasteiger partial charge >= 0.3 is 0 Å². The van der Waals surface area contributed by atoms with E-state index in [1.807, 2.05) is 18.6 Å². The predicted octanol–water partition coefficient (Wildman–Crippen LogP) is 5.22. The average Bonchev–Trinajstić information content (AvgIpc) is 3.44. The lowest BCUT2D eigenvalue weighted by molar-refractivity contribution is 0.797. The Morgan fingerprint density at radius 3 is 2.55 bits per heavy atom. The second kappa shape index (κ2) is 7.85. The summed E-state index contributed by atoms with van der Waals surface area (Å²) >= 11 is 1.69. The van der Waals surface area contributed by atoms with Crippen LogP contribution in [0.3, 0.4) is 0 Å². The molecule has 0 spiro atoms. The lowest BCUT2D eigenvalue weighted by atomic mass is 10.1. The first-order valence-electron chi connectivity index (χ1n) is 9.42. The zero-order valence-electron chi connectivity index (χ0n) is 15.7. The first-order valence-corrected chi connectivity index (χ1v) is 10.2. The SMILES string of the molecule is c1ccc(-c2cc3c(NCc4ccc(Cn5ccnc5)cc4)ncnc3s2)cc1. The predicted molar refractivity (Wildman–Crippen MR) is 118 cm³/mol. The van der Waals surface area contributed by atoms with Crippen LogP contribution in [0.4, 0.5) is 5.82 Å². The summed E-state index contributed by atoms with van der Waals surface area (Å²) in [6.07, 6.45) is 7.24. The molecular weight excluding hydrogens is 378 g/mol. The van der Waals surface area contributed by atoms with Gasteiger partial charge in [-0.15, -0.1) is 11.3 Å². The van der Waals surface area contributed by atoms with Gasteiger partial charge in [0.1, 0.15) is 17.0 Å². The van der Waals surface area contributed by atoms with Gasteiger partial charge in [0.05, 0.1) is 11.7 Å². The second-order valence-electron chi connectivity index (χ2n) is 6.82. The first kappa shape index (κ1) is 17.6. The number of thiophene rings is 1. The minimum atomic E-state index is 0.716. The highest BCUT2D eigenvalue weighted by molar-refractivity contribution is 7.21. The Hall–Kier alpha value is -3.51. The van der Waals surface area contributed by atoms with Gasteiger partial charge in [-0.25, -0.2) is 15.0 Å². The van der Waals surface area contributed by atoms with Crippen molar-refractivity contribution < 1.29 is 0 Å². The number of hydrogen-bond acceptors (Lipinski definition) is 5. The molecule has 0 amide bonds. The molecule has 3 aromatic heterocycles. The molecule has 142 valence electrons. The first-order chi connectivity index (χ1) is 14.3. The van der Waals surface area contributed by atoms with E-state index in [0.29, 0.717) is 6.54 Å². The molecule has 3 heterocycles. The van der Waals surface area contributed by atoms with Crippen LogP contribution < -0.4 is 5.32 Å². The van der Waals surface area contributed by atoms with Crippen molar-refractivity contribution in [1.29, 1.82) is 0 Å². The second-order valence-corrected chi connectivity index (χ2v) is 7.85. The summed E-state index contributed by atoms with van der Waals surface area (Å²) in [5.74, 6) is 0.871. The van der Waals surface area contributed by atoms with E-state index in [9.17, 15) is 0 Å². The topological polar surface area (TPSA) is 55.6 Å². The number of aromatic nitrogens is 4. The normalized spacial score (nSPS) is 11.0. The van der Waals surface area contributed by atoms with E-state index in [4.69, 9.17) is 0 Å². The number of hydrogen-bond donors (Lipinski definition) is 1. The van der Waals surface area contributed by atoms with Crippen molar-refractivity contribution in [2.75, 3.05) is 5.32 Å². The van der Waals surface area contributed by atoms with Crippen LogP contribution in [0.1, 0.15) is 11.1 Å². The number of rotatable bonds is 6. The molecule has 29 heavy (non-hydrogen) atoms. The zero-order chi connectivity index (χ0) is 19.5. The summed E-state index contributed by atoms with van der Waals surface area (Å²) in [5, 5.41) is 4.54. The maximum absolute atomic E-state index is 4.47. The molecular formula is C23H19N5S. The van der Waals surface area contributed by atoms with Crippen LogP contribution in [-0.4, -0.2) is 19.5 Å². The van der Waals surface area contributed by atoms with E-state index in [1.165, 1.54) is 21.6 Å². The van der Waals surface area contributed by atoms with E-state index in [0.717, 1.165) is 22.6 Å². The molecule has 0 atom stereocenters. The molecule has 1 N–H and O–H groups in total. The van der Waals surface area contributed by atoms with E-state index in [2.05, 4.69) is 79.4 Å². The van der Waals surface area contributed by atoms with E-state index >= 15 is 0 Å². The molecule has 5 aromatic rings. The third-order valence-electron chi connectivity index (χ3n) is 4.79. The van der Waals surface area contributed by atoms with Crippen LogP contribution in [0, 0.1) is 0 Å². The molecule has 0 bridgehead atoms. The van der Waals surface area contributed by atoms with Crippen molar-refractivity contribution in [2.45, 2.75) is 13.1 Å². The summed E-state index contributed by atoms with van der Waals surface area (Å²) in [7, 11) is 0. The Kier molecular flexibility index (Phi) is 4.76. The van der Waals surface area contributed by atoms with Gasteiger partial charge in [-0.05, 0) is 22.8 Å². The number of nitrogens with zero attached hydrogens (tertiary/aromatic N) is 4. The smallest absolute Gasteiger partial charge is 0.138 e. The minimum Gasteiger partial charge on any atom is -0.365 e.